The summed E-state index contributed by atoms with van der Waals surface area (Å²) in [7, 11) is 2.18. The highest BCUT2D eigenvalue weighted by Gasteiger charge is 2.10. The maximum absolute atomic E-state index is 4.67. The van der Waals surface area contributed by atoms with Gasteiger partial charge in [0.25, 0.3) is 0 Å². The van der Waals surface area contributed by atoms with Crippen LogP contribution in [0.5, 0.6) is 0 Å². The Morgan fingerprint density at radius 3 is 2.63 bits per heavy atom. The summed E-state index contributed by atoms with van der Waals surface area (Å²) in [6.07, 6.45) is 2.87. The minimum atomic E-state index is 0.485. The van der Waals surface area contributed by atoms with Crippen LogP contribution in [0.2, 0.25) is 0 Å². The summed E-state index contributed by atoms with van der Waals surface area (Å²) in [5.74, 6) is 0.848. The third-order valence-corrected chi connectivity index (χ3v) is 4.73. The Hall–Kier alpha value is -2.40. The second-order valence-electron chi connectivity index (χ2n) is 6.93. The van der Waals surface area contributed by atoms with Crippen molar-refractivity contribution < 1.29 is 0 Å². The molecule has 2 N–H and O–H groups in total. The molecule has 0 aliphatic rings. The van der Waals surface area contributed by atoms with Gasteiger partial charge in [-0.25, -0.2) is 4.99 Å². The van der Waals surface area contributed by atoms with Gasteiger partial charge in [0.1, 0.15) is 0 Å². The Morgan fingerprint density at radius 2 is 1.93 bits per heavy atom. The molecule has 2 rings (SSSR count). The van der Waals surface area contributed by atoms with E-state index < -0.39 is 0 Å². The number of aryl methyl sites for hydroxylation is 1. The number of nitrogens with zero attached hydrogens (tertiary/aromatic N) is 3. The molecule has 0 saturated carbocycles. The standard InChI is InChI=1S/C22H33N5/c1-5-23-22(26-16-21-18(2)10-9-14-24-21)25-15-13-19(3)27(4)17-20-11-7-6-8-12-20/h6-12,14,19H,5,13,15-17H2,1-4H3,(H2,23,25,26). The van der Waals surface area contributed by atoms with E-state index in [1.807, 2.05) is 12.3 Å². The lowest BCUT2D eigenvalue weighted by atomic mass is 10.1. The summed E-state index contributed by atoms with van der Waals surface area (Å²) >= 11 is 0. The van der Waals surface area contributed by atoms with Crippen molar-refractivity contribution in [1.29, 1.82) is 0 Å². The summed E-state index contributed by atoms with van der Waals surface area (Å²) in [6.45, 7) is 9.71. The Labute approximate surface area is 163 Å². The van der Waals surface area contributed by atoms with Crippen LogP contribution in [-0.4, -0.2) is 42.0 Å². The van der Waals surface area contributed by atoms with Crippen LogP contribution in [0.15, 0.2) is 53.7 Å². The second-order valence-corrected chi connectivity index (χ2v) is 6.93. The lowest BCUT2D eigenvalue weighted by Gasteiger charge is -2.25. The predicted octanol–water partition coefficient (Wildman–Crippen LogP) is 3.36. The average molecular weight is 368 g/mol. The Kier molecular flexibility index (Phi) is 8.78. The van der Waals surface area contributed by atoms with E-state index >= 15 is 0 Å². The Balaban J connectivity index is 1.81. The maximum Gasteiger partial charge on any atom is 0.191 e. The summed E-state index contributed by atoms with van der Waals surface area (Å²) in [5.41, 5.74) is 3.54. The number of aliphatic imine (C=N–C) groups is 1. The molecule has 5 nitrogen and oxygen atoms in total. The molecule has 0 spiro atoms. The number of aromatic nitrogens is 1. The van der Waals surface area contributed by atoms with Crippen molar-refractivity contribution in [1.82, 2.24) is 20.5 Å². The van der Waals surface area contributed by atoms with Gasteiger partial charge in [-0.05, 0) is 51.4 Å². The fraction of sp³-hybridized carbons (Fsp3) is 0.455. The summed E-state index contributed by atoms with van der Waals surface area (Å²) in [6, 6.07) is 15.1. The van der Waals surface area contributed by atoms with Crippen molar-refractivity contribution in [3.8, 4) is 0 Å². The quantitative estimate of drug-likeness (QED) is 0.527. The van der Waals surface area contributed by atoms with Crippen LogP contribution in [0.1, 0.15) is 37.1 Å². The van der Waals surface area contributed by atoms with E-state index in [4.69, 9.17) is 0 Å². The number of pyridine rings is 1. The fourth-order valence-corrected chi connectivity index (χ4v) is 2.83. The highest BCUT2D eigenvalue weighted by molar-refractivity contribution is 5.79. The Bertz CT molecular complexity index is 699. The van der Waals surface area contributed by atoms with Gasteiger partial charge in [0.05, 0.1) is 12.2 Å². The number of hydrogen-bond acceptors (Lipinski definition) is 3. The average Bonchev–Trinajstić information content (AvgIpc) is 2.67. The van der Waals surface area contributed by atoms with Gasteiger partial charge < -0.3 is 10.6 Å². The summed E-state index contributed by atoms with van der Waals surface area (Å²) in [4.78, 5) is 11.5. The van der Waals surface area contributed by atoms with Gasteiger partial charge in [-0.15, -0.1) is 0 Å². The van der Waals surface area contributed by atoms with Crippen molar-refractivity contribution in [2.45, 2.75) is 46.3 Å². The molecule has 5 heteroatoms. The van der Waals surface area contributed by atoms with Crippen LogP contribution in [-0.2, 0) is 13.1 Å². The first-order chi connectivity index (χ1) is 13.1. The molecule has 1 atom stereocenters. The van der Waals surface area contributed by atoms with Crippen LogP contribution < -0.4 is 10.6 Å². The van der Waals surface area contributed by atoms with E-state index in [-0.39, 0.29) is 0 Å². The minimum Gasteiger partial charge on any atom is -0.357 e. The first-order valence-electron chi connectivity index (χ1n) is 9.77. The monoisotopic (exact) mass is 367 g/mol. The first kappa shape index (κ1) is 20.9. The molecule has 0 bridgehead atoms. The number of guanidine groups is 1. The van der Waals surface area contributed by atoms with Gasteiger partial charge >= 0.3 is 0 Å². The topological polar surface area (TPSA) is 52.6 Å². The van der Waals surface area contributed by atoms with Crippen molar-refractivity contribution in [3.05, 3.63) is 65.5 Å². The first-order valence-corrected chi connectivity index (χ1v) is 9.77. The predicted molar refractivity (Wildman–Crippen MR) is 114 cm³/mol. The molecule has 1 aromatic heterocycles. The fourth-order valence-electron chi connectivity index (χ4n) is 2.83. The van der Waals surface area contributed by atoms with E-state index in [2.05, 4.69) is 89.7 Å². The number of rotatable bonds is 9. The molecule has 1 unspecified atom stereocenters. The van der Waals surface area contributed by atoms with Gasteiger partial charge in [-0.2, -0.15) is 0 Å². The maximum atomic E-state index is 4.67. The molecule has 1 aromatic carbocycles. The minimum absolute atomic E-state index is 0.485. The zero-order chi connectivity index (χ0) is 19.5. The molecule has 146 valence electrons. The van der Waals surface area contributed by atoms with Gasteiger partial charge in [-0.1, -0.05) is 36.4 Å². The highest BCUT2D eigenvalue weighted by atomic mass is 15.2. The lowest BCUT2D eigenvalue weighted by molar-refractivity contribution is 0.238. The normalized spacial score (nSPS) is 12.9. The van der Waals surface area contributed by atoms with Gasteiger partial charge in [0.2, 0.25) is 0 Å². The van der Waals surface area contributed by atoms with Crippen LogP contribution >= 0.6 is 0 Å². The summed E-state index contributed by atoms with van der Waals surface area (Å²) in [5, 5.41) is 6.76. The zero-order valence-corrected chi connectivity index (χ0v) is 17.1. The molecular weight excluding hydrogens is 334 g/mol. The molecule has 0 fully saturated rings. The van der Waals surface area contributed by atoms with E-state index in [0.29, 0.717) is 12.6 Å². The van der Waals surface area contributed by atoms with Gasteiger partial charge in [-0.3, -0.25) is 9.88 Å². The molecular formula is C22H33N5. The van der Waals surface area contributed by atoms with E-state index in [9.17, 15) is 0 Å². The Morgan fingerprint density at radius 1 is 1.15 bits per heavy atom. The van der Waals surface area contributed by atoms with Gasteiger partial charge in [0.15, 0.2) is 5.96 Å². The largest absolute Gasteiger partial charge is 0.357 e. The molecule has 27 heavy (non-hydrogen) atoms. The molecule has 1 heterocycles. The van der Waals surface area contributed by atoms with E-state index in [1.165, 1.54) is 11.1 Å². The highest BCUT2D eigenvalue weighted by Crippen LogP contribution is 2.08. The van der Waals surface area contributed by atoms with Crippen LogP contribution in [0.25, 0.3) is 0 Å². The molecule has 0 aliphatic heterocycles. The molecule has 0 aliphatic carbocycles. The third kappa shape index (κ3) is 7.39. The zero-order valence-electron chi connectivity index (χ0n) is 17.1. The van der Waals surface area contributed by atoms with Crippen molar-refractivity contribution in [3.63, 3.8) is 0 Å². The van der Waals surface area contributed by atoms with Gasteiger partial charge in [0, 0.05) is 31.9 Å². The van der Waals surface area contributed by atoms with Crippen LogP contribution in [0, 0.1) is 6.92 Å². The summed E-state index contributed by atoms with van der Waals surface area (Å²) < 4.78 is 0. The van der Waals surface area contributed by atoms with E-state index in [0.717, 1.165) is 37.7 Å². The van der Waals surface area contributed by atoms with Crippen molar-refractivity contribution in [2.24, 2.45) is 4.99 Å². The van der Waals surface area contributed by atoms with E-state index in [1.54, 1.807) is 0 Å². The smallest absolute Gasteiger partial charge is 0.191 e. The molecule has 0 radical (unpaired) electrons. The second kappa shape index (κ2) is 11.3. The van der Waals surface area contributed by atoms with Crippen molar-refractivity contribution >= 4 is 5.96 Å². The molecule has 2 aromatic rings. The van der Waals surface area contributed by atoms with Crippen molar-refractivity contribution in [2.75, 3.05) is 20.1 Å². The molecule has 0 amide bonds. The third-order valence-electron chi connectivity index (χ3n) is 4.73. The lowest BCUT2D eigenvalue weighted by Crippen LogP contribution is -2.40. The number of nitrogens with one attached hydrogen (secondary N) is 2. The van der Waals surface area contributed by atoms with Crippen LogP contribution in [0.4, 0.5) is 0 Å². The molecule has 0 saturated heterocycles. The number of hydrogen-bond donors (Lipinski definition) is 2. The number of benzene rings is 1. The SMILES string of the molecule is CCNC(=NCc1ncccc1C)NCCC(C)N(C)Cc1ccccc1. The van der Waals surface area contributed by atoms with Crippen LogP contribution in [0.3, 0.4) is 0 Å².